The molecule has 0 aromatic rings. The van der Waals surface area contributed by atoms with Gasteiger partial charge in [0.1, 0.15) is 0 Å². The lowest BCUT2D eigenvalue weighted by Gasteiger charge is -2.11. The molecule has 2 unspecified atom stereocenters. The van der Waals surface area contributed by atoms with E-state index in [1.807, 2.05) is 0 Å². The van der Waals surface area contributed by atoms with Gasteiger partial charge in [-0.1, -0.05) is 18.7 Å². The van der Waals surface area contributed by atoms with Gasteiger partial charge in [-0.15, -0.1) is 0 Å². The van der Waals surface area contributed by atoms with Crippen molar-refractivity contribution in [1.29, 1.82) is 0 Å². The Labute approximate surface area is 61.5 Å². The first-order valence-corrected chi connectivity index (χ1v) is 3.27. The van der Waals surface area contributed by atoms with Crippen LogP contribution in [-0.4, -0.2) is 22.4 Å². The molecule has 0 spiro atoms. The summed E-state index contributed by atoms with van der Waals surface area (Å²) in [5.74, 6) is 0. The molecule has 0 aliphatic rings. The monoisotopic (exact) mass is 142 g/mol. The Morgan fingerprint density at radius 2 is 2.00 bits per heavy atom. The van der Waals surface area contributed by atoms with E-state index in [9.17, 15) is 0 Å². The Balaban J connectivity index is 3.95. The maximum Gasteiger partial charge on any atom is 0.0953 e. The van der Waals surface area contributed by atoms with Gasteiger partial charge in [0, 0.05) is 0 Å². The zero-order chi connectivity index (χ0) is 8.15. The minimum atomic E-state index is -0.718. The Hall–Kier alpha value is -0.600. The molecule has 0 amide bonds. The van der Waals surface area contributed by atoms with Crippen LogP contribution in [0.25, 0.3) is 0 Å². The highest BCUT2D eigenvalue weighted by molar-refractivity contribution is 5.13. The van der Waals surface area contributed by atoms with Crippen LogP contribution in [0.15, 0.2) is 24.3 Å². The zero-order valence-corrected chi connectivity index (χ0v) is 6.41. The predicted octanol–water partition coefficient (Wildman–Crippen LogP) is 0.860. The molecule has 0 heterocycles. The van der Waals surface area contributed by atoms with Crippen LogP contribution in [0.2, 0.25) is 0 Å². The molecule has 0 aliphatic carbocycles. The van der Waals surface area contributed by atoms with Crippen molar-refractivity contribution in [3.63, 3.8) is 0 Å². The first kappa shape index (κ1) is 9.40. The lowest BCUT2D eigenvalue weighted by Crippen LogP contribution is -2.16. The molecule has 2 atom stereocenters. The van der Waals surface area contributed by atoms with Crippen molar-refractivity contribution in [3.05, 3.63) is 24.3 Å². The standard InChI is InChI=1S/C8H14O2/c1-4-5-8(10)6(2)7(3)9/h4-5,7-10H,2H2,1,3H3. The quantitative estimate of drug-likeness (QED) is 0.574. The molecule has 0 fully saturated rings. The Kier molecular flexibility index (Phi) is 4.00. The van der Waals surface area contributed by atoms with Crippen molar-refractivity contribution in [2.45, 2.75) is 26.1 Å². The Morgan fingerprint density at radius 1 is 1.50 bits per heavy atom. The van der Waals surface area contributed by atoms with Crippen molar-refractivity contribution in [3.8, 4) is 0 Å². The van der Waals surface area contributed by atoms with Crippen LogP contribution in [0, 0.1) is 0 Å². The Morgan fingerprint density at radius 3 is 2.30 bits per heavy atom. The maximum absolute atomic E-state index is 9.14. The maximum atomic E-state index is 9.14. The van der Waals surface area contributed by atoms with Crippen molar-refractivity contribution >= 4 is 0 Å². The lowest BCUT2D eigenvalue weighted by atomic mass is 10.1. The van der Waals surface area contributed by atoms with Crippen molar-refractivity contribution in [1.82, 2.24) is 0 Å². The second-order valence-electron chi connectivity index (χ2n) is 2.22. The normalized spacial score (nSPS) is 17.2. The van der Waals surface area contributed by atoms with E-state index in [0.717, 1.165) is 0 Å². The van der Waals surface area contributed by atoms with E-state index < -0.39 is 12.2 Å². The summed E-state index contributed by atoms with van der Waals surface area (Å²) in [4.78, 5) is 0. The van der Waals surface area contributed by atoms with Gasteiger partial charge < -0.3 is 10.2 Å². The van der Waals surface area contributed by atoms with Crippen molar-refractivity contribution < 1.29 is 10.2 Å². The fraction of sp³-hybridized carbons (Fsp3) is 0.500. The zero-order valence-electron chi connectivity index (χ0n) is 6.41. The van der Waals surface area contributed by atoms with Crippen LogP contribution < -0.4 is 0 Å². The van der Waals surface area contributed by atoms with E-state index in [1.54, 1.807) is 26.0 Å². The van der Waals surface area contributed by atoms with Gasteiger partial charge in [-0.25, -0.2) is 0 Å². The van der Waals surface area contributed by atoms with Gasteiger partial charge in [-0.05, 0) is 19.4 Å². The molecule has 0 saturated heterocycles. The molecule has 10 heavy (non-hydrogen) atoms. The molecule has 0 radical (unpaired) electrons. The number of hydrogen-bond donors (Lipinski definition) is 2. The molecular weight excluding hydrogens is 128 g/mol. The SMILES string of the molecule is C=C(C(C)O)C(O)C=CC. The largest absolute Gasteiger partial charge is 0.389 e. The fourth-order valence-corrected chi connectivity index (χ4v) is 0.553. The van der Waals surface area contributed by atoms with Gasteiger partial charge in [-0.2, -0.15) is 0 Å². The van der Waals surface area contributed by atoms with Crippen LogP contribution >= 0.6 is 0 Å². The highest BCUT2D eigenvalue weighted by Crippen LogP contribution is 2.05. The molecule has 0 saturated carbocycles. The third-order valence-electron chi connectivity index (χ3n) is 1.29. The molecule has 2 N–H and O–H groups in total. The summed E-state index contributed by atoms with van der Waals surface area (Å²) in [6, 6.07) is 0. The van der Waals surface area contributed by atoms with E-state index in [2.05, 4.69) is 6.58 Å². The third-order valence-corrected chi connectivity index (χ3v) is 1.29. The summed E-state index contributed by atoms with van der Waals surface area (Å²) >= 11 is 0. The number of aliphatic hydroxyl groups excluding tert-OH is 2. The molecule has 0 aromatic carbocycles. The minimum Gasteiger partial charge on any atom is -0.389 e. The van der Waals surface area contributed by atoms with Crippen LogP contribution in [0.4, 0.5) is 0 Å². The molecule has 0 bridgehead atoms. The summed E-state index contributed by atoms with van der Waals surface area (Å²) < 4.78 is 0. The van der Waals surface area contributed by atoms with Crippen molar-refractivity contribution in [2.24, 2.45) is 0 Å². The summed E-state index contributed by atoms with van der Waals surface area (Å²) in [5.41, 5.74) is 0.429. The average Bonchev–Trinajstić information content (AvgIpc) is 1.87. The molecule has 0 rings (SSSR count). The van der Waals surface area contributed by atoms with Gasteiger partial charge in [0.2, 0.25) is 0 Å². The van der Waals surface area contributed by atoms with Gasteiger partial charge >= 0.3 is 0 Å². The molecular formula is C8H14O2. The molecule has 0 aromatic heterocycles. The minimum absolute atomic E-state index is 0.429. The molecule has 0 aliphatic heterocycles. The van der Waals surface area contributed by atoms with Crippen LogP contribution in [0.5, 0.6) is 0 Å². The molecule has 2 heteroatoms. The molecule has 58 valence electrons. The van der Waals surface area contributed by atoms with E-state index >= 15 is 0 Å². The van der Waals surface area contributed by atoms with E-state index in [-0.39, 0.29) is 0 Å². The van der Waals surface area contributed by atoms with Gasteiger partial charge in [0.05, 0.1) is 12.2 Å². The highest BCUT2D eigenvalue weighted by Gasteiger charge is 2.08. The summed E-state index contributed by atoms with van der Waals surface area (Å²) in [5, 5.41) is 18.1. The first-order valence-electron chi connectivity index (χ1n) is 3.27. The van der Waals surface area contributed by atoms with Crippen LogP contribution in [0.3, 0.4) is 0 Å². The second kappa shape index (κ2) is 4.25. The second-order valence-corrected chi connectivity index (χ2v) is 2.22. The number of allylic oxidation sites excluding steroid dienone is 1. The molecule has 2 nitrogen and oxygen atoms in total. The van der Waals surface area contributed by atoms with E-state index in [4.69, 9.17) is 10.2 Å². The summed E-state index contributed by atoms with van der Waals surface area (Å²) in [6.45, 7) is 6.90. The Bertz CT molecular complexity index is 136. The number of rotatable bonds is 3. The van der Waals surface area contributed by atoms with Gasteiger partial charge in [0.25, 0.3) is 0 Å². The van der Waals surface area contributed by atoms with Crippen LogP contribution in [-0.2, 0) is 0 Å². The number of hydrogen-bond acceptors (Lipinski definition) is 2. The average molecular weight is 142 g/mol. The van der Waals surface area contributed by atoms with Crippen LogP contribution in [0.1, 0.15) is 13.8 Å². The highest BCUT2D eigenvalue weighted by atomic mass is 16.3. The fourth-order valence-electron chi connectivity index (χ4n) is 0.553. The summed E-state index contributed by atoms with van der Waals surface area (Å²) in [7, 11) is 0. The van der Waals surface area contributed by atoms with Gasteiger partial charge in [-0.3, -0.25) is 0 Å². The lowest BCUT2D eigenvalue weighted by molar-refractivity contribution is 0.179. The predicted molar refractivity (Wildman–Crippen MR) is 41.6 cm³/mol. The first-order chi connectivity index (χ1) is 4.59. The van der Waals surface area contributed by atoms with Gasteiger partial charge in [0.15, 0.2) is 0 Å². The smallest absolute Gasteiger partial charge is 0.0953 e. The van der Waals surface area contributed by atoms with E-state index in [1.165, 1.54) is 0 Å². The topological polar surface area (TPSA) is 40.5 Å². The third kappa shape index (κ3) is 2.80. The van der Waals surface area contributed by atoms with Crippen molar-refractivity contribution in [2.75, 3.05) is 0 Å². The van der Waals surface area contributed by atoms with E-state index in [0.29, 0.717) is 5.57 Å². The summed E-state index contributed by atoms with van der Waals surface area (Å²) in [6.07, 6.45) is 1.93. The number of aliphatic hydroxyl groups is 2.